The second-order valence-corrected chi connectivity index (χ2v) is 6.40. The Morgan fingerprint density at radius 1 is 1.00 bits per heavy atom. The SMILES string of the molecule is O=C1c2ccc(Br)cc2-[n+]2ccc3c([nH]c4ccccc43)c21.[Cl-]. The van der Waals surface area contributed by atoms with Gasteiger partial charge in [-0.3, -0.25) is 4.79 Å². The van der Waals surface area contributed by atoms with Gasteiger partial charge in [0.25, 0.3) is 11.5 Å². The number of ketones is 1. The summed E-state index contributed by atoms with van der Waals surface area (Å²) in [5.74, 6) is 0.0691. The second kappa shape index (κ2) is 4.91. The Bertz CT molecular complexity index is 1120. The predicted octanol–water partition coefficient (Wildman–Crippen LogP) is 0.909. The zero-order valence-corrected chi connectivity index (χ0v) is 14.1. The van der Waals surface area contributed by atoms with Gasteiger partial charge in [0, 0.05) is 32.9 Å². The van der Waals surface area contributed by atoms with E-state index in [1.165, 1.54) is 0 Å². The molecule has 0 bridgehead atoms. The highest BCUT2D eigenvalue weighted by molar-refractivity contribution is 9.10. The molecule has 5 rings (SSSR count). The van der Waals surface area contributed by atoms with E-state index in [-0.39, 0.29) is 18.2 Å². The van der Waals surface area contributed by atoms with Crippen molar-refractivity contribution in [3.8, 4) is 5.69 Å². The molecule has 0 spiro atoms. The Labute approximate surface area is 146 Å². The molecule has 2 aromatic heterocycles. The summed E-state index contributed by atoms with van der Waals surface area (Å²) in [5.41, 5.74) is 4.34. The number of carbonyl (C=O) groups is 1. The molecule has 1 N–H and O–H groups in total. The van der Waals surface area contributed by atoms with Crippen LogP contribution in [0.5, 0.6) is 0 Å². The third-order valence-electron chi connectivity index (χ3n) is 4.29. The van der Waals surface area contributed by atoms with Crippen molar-refractivity contribution in [3.05, 3.63) is 70.5 Å². The van der Waals surface area contributed by atoms with Crippen molar-refractivity contribution < 1.29 is 21.8 Å². The lowest BCUT2D eigenvalue weighted by atomic mass is 10.1. The summed E-state index contributed by atoms with van der Waals surface area (Å²) >= 11 is 3.48. The van der Waals surface area contributed by atoms with Crippen molar-refractivity contribution in [1.82, 2.24) is 4.98 Å². The summed E-state index contributed by atoms with van der Waals surface area (Å²) in [6.07, 6.45) is 1.98. The molecular weight excluding hydrogens is 376 g/mol. The van der Waals surface area contributed by atoms with Crippen molar-refractivity contribution >= 4 is 43.5 Å². The van der Waals surface area contributed by atoms with Crippen molar-refractivity contribution in [1.29, 1.82) is 0 Å². The Morgan fingerprint density at radius 3 is 2.70 bits per heavy atom. The number of carbonyl (C=O) groups excluding carboxylic acids is 1. The standard InChI is InChI=1S/C18H9BrN2O.ClH/c19-10-5-6-13-15(9-10)21-8-7-12-11-3-1-2-4-14(11)20-16(12)17(21)18(13)22;/h1-9H;1H. The van der Waals surface area contributed by atoms with Gasteiger partial charge in [-0.05, 0) is 18.2 Å². The van der Waals surface area contributed by atoms with Gasteiger partial charge in [0.15, 0.2) is 6.20 Å². The highest BCUT2D eigenvalue weighted by Crippen LogP contribution is 2.31. The van der Waals surface area contributed by atoms with Gasteiger partial charge in [-0.15, -0.1) is 0 Å². The van der Waals surface area contributed by atoms with Gasteiger partial charge in [-0.2, -0.15) is 4.57 Å². The van der Waals surface area contributed by atoms with Crippen molar-refractivity contribution in [3.63, 3.8) is 0 Å². The first-order valence-electron chi connectivity index (χ1n) is 7.04. The molecule has 0 radical (unpaired) electrons. The highest BCUT2D eigenvalue weighted by atomic mass is 79.9. The number of aromatic nitrogens is 2. The lowest BCUT2D eigenvalue weighted by molar-refractivity contribution is -0.592. The van der Waals surface area contributed by atoms with Gasteiger partial charge in [-0.25, -0.2) is 0 Å². The fourth-order valence-corrected chi connectivity index (χ4v) is 3.66. The Hall–Kier alpha value is -2.17. The van der Waals surface area contributed by atoms with Gasteiger partial charge >= 0.3 is 0 Å². The van der Waals surface area contributed by atoms with Crippen LogP contribution in [-0.4, -0.2) is 10.8 Å². The summed E-state index contributed by atoms with van der Waals surface area (Å²) in [6, 6.07) is 16.0. The highest BCUT2D eigenvalue weighted by Gasteiger charge is 2.38. The summed E-state index contributed by atoms with van der Waals surface area (Å²) in [7, 11) is 0. The van der Waals surface area contributed by atoms with E-state index >= 15 is 0 Å². The number of nitrogens with one attached hydrogen (secondary N) is 1. The largest absolute Gasteiger partial charge is 1.00 e. The molecule has 1 aliphatic rings. The molecule has 0 saturated heterocycles. The van der Waals surface area contributed by atoms with Gasteiger partial charge in [0.1, 0.15) is 11.1 Å². The molecule has 112 valence electrons. The van der Waals surface area contributed by atoms with Crippen LogP contribution in [0.4, 0.5) is 0 Å². The lowest BCUT2D eigenvalue weighted by Gasteiger charge is -1.95. The lowest BCUT2D eigenvalue weighted by Crippen LogP contribution is -3.00. The van der Waals surface area contributed by atoms with Crippen LogP contribution in [0.1, 0.15) is 16.1 Å². The number of rotatable bonds is 0. The summed E-state index contributed by atoms with van der Waals surface area (Å²) in [4.78, 5) is 16.2. The normalized spacial score (nSPS) is 12.3. The maximum Gasteiger partial charge on any atom is 0.284 e. The molecule has 1 aliphatic heterocycles. The number of hydrogen-bond acceptors (Lipinski definition) is 1. The van der Waals surface area contributed by atoms with Crippen LogP contribution in [-0.2, 0) is 0 Å². The van der Waals surface area contributed by atoms with E-state index in [2.05, 4.69) is 33.0 Å². The molecule has 4 aromatic rings. The van der Waals surface area contributed by atoms with E-state index in [1.807, 2.05) is 47.2 Å². The molecule has 3 heterocycles. The topological polar surface area (TPSA) is 36.7 Å². The van der Waals surface area contributed by atoms with Crippen LogP contribution in [0.2, 0.25) is 0 Å². The molecule has 0 fully saturated rings. The molecule has 0 aliphatic carbocycles. The smallest absolute Gasteiger partial charge is 0.284 e. The molecule has 0 atom stereocenters. The van der Waals surface area contributed by atoms with E-state index in [0.29, 0.717) is 5.69 Å². The van der Waals surface area contributed by atoms with Gasteiger partial charge < -0.3 is 17.4 Å². The number of H-pyrrole nitrogens is 1. The number of hydrogen-bond donors (Lipinski definition) is 1. The molecular formula is C18H10BrClN2O. The zero-order valence-electron chi connectivity index (χ0n) is 11.8. The van der Waals surface area contributed by atoms with Crippen LogP contribution < -0.4 is 17.0 Å². The minimum atomic E-state index is 0. The van der Waals surface area contributed by atoms with Crippen molar-refractivity contribution in [2.24, 2.45) is 0 Å². The first-order valence-corrected chi connectivity index (χ1v) is 7.83. The zero-order chi connectivity index (χ0) is 14.8. The number of halogens is 2. The first-order chi connectivity index (χ1) is 10.7. The summed E-state index contributed by atoms with van der Waals surface area (Å²) in [5, 5.41) is 2.23. The Morgan fingerprint density at radius 2 is 1.83 bits per heavy atom. The number of para-hydroxylation sites is 1. The number of nitrogens with zero attached hydrogens (tertiary/aromatic N) is 1. The number of benzene rings is 2. The van der Waals surface area contributed by atoms with E-state index < -0.39 is 0 Å². The molecule has 0 amide bonds. The Kier molecular flexibility index (Phi) is 3.08. The van der Waals surface area contributed by atoms with Crippen molar-refractivity contribution in [2.45, 2.75) is 0 Å². The summed E-state index contributed by atoms with van der Waals surface area (Å²) < 4.78 is 2.94. The summed E-state index contributed by atoms with van der Waals surface area (Å²) in [6.45, 7) is 0. The molecule has 2 aromatic carbocycles. The number of aromatic amines is 1. The average molecular weight is 386 g/mol. The second-order valence-electron chi connectivity index (χ2n) is 5.48. The molecule has 23 heavy (non-hydrogen) atoms. The number of fused-ring (bicyclic) bond motifs is 7. The van der Waals surface area contributed by atoms with Crippen LogP contribution >= 0.6 is 15.9 Å². The third-order valence-corrected chi connectivity index (χ3v) is 4.79. The third kappa shape index (κ3) is 1.82. The fraction of sp³-hybridized carbons (Fsp3) is 0. The maximum absolute atomic E-state index is 12.8. The van der Waals surface area contributed by atoms with E-state index in [4.69, 9.17) is 0 Å². The van der Waals surface area contributed by atoms with Crippen LogP contribution in [0.3, 0.4) is 0 Å². The Balaban J connectivity index is 0.00000135. The average Bonchev–Trinajstić information content (AvgIpc) is 3.03. The molecule has 3 nitrogen and oxygen atoms in total. The van der Waals surface area contributed by atoms with Crippen LogP contribution in [0, 0.1) is 0 Å². The minimum Gasteiger partial charge on any atom is -1.00 e. The molecule has 0 saturated carbocycles. The molecule has 0 unspecified atom stereocenters. The van der Waals surface area contributed by atoms with E-state index in [0.717, 1.165) is 37.5 Å². The first kappa shape index (κ1) is 14.4. The maximum atomic E-state index is 12.8. The van der Waals surface area contributed by atoms with Gasteiger partial charge in [0.2, 0.25) is 5.69 Å². The van der Waals surface area contributed by atoms with Crippen LogP contribution in [0.15, 0.2) is 59.2 Å². The predicted molar refractivity (Wildman–Crippen MR) is 88.5 cm³/mol. The van der Waals surface area contributed by atoms with Crippen LogP contribution in [0.25, 0.3) is 27.5 Å². The fourth-order valence-electron chi connectivity index (χ4n) is 3.31. The van der Waals surface area contributed by atoms with Gasteiger partial charge in [0.05, 0.1) is 0 Å². The quantitative estimate of drug-likeness (QED) is 0.395. The van der Waals surface area contributed by atoms with E-state index in [9.17, 15) is 4.79 Å². The van der Waals surface area contributed by atoms with Crippen molar-refractivity contribution in [2.75, 3.05) is 0 Å². The molecule has 5 heteroatoms. The monoisotopic (exact) mass is 384 g/mol. The minimum absolute atomic E-state index is 0. The van der Waals surface area contributed by atoms with Gasteiger partial charge in [-0.1, -0.05) is 34.1 Å². The van der Waals surface area contributed by atoms with E-state index in [1.54, 1.807) is 0 Å². The number of pyridine rings is 1.